The number of amides is 1. The second kappa shape index (κ2) is 9.00. The van der Waals surface area contributed by atoms with E-state index in [2.05, 4.69) is 6.92 Å². The molecule has 2 N–H and O–H groups in total. The SMILES string of the molecule is CCCCCCCC(=O)N(C)CCN. The lowest BCUT2D eigenvalue weighted by Crippen LogP contribution is -2.31. The van der Waals surface area contributed by atoms with Gasteiger partial charge in [-0.05, 0) is 6.42 Å². The van der Waals surface area contributed by atoms with Gasteiger partial charge in [-0.15, -0.1) is 0 Å². The summed E-state index contributed by atoms with van der Waals surface area (Å²) in [5, 5.41) is 0. The van der Waals surface area contributed by atoms with Gasteiger partial charge in [0, 0.05) is 26.6 Å². The molecule has 0 aromatic heterocycles. The molecule has 0 heterocycles. The van der Waals surface area contributed by atoms with E-state index in [1.54, 1.807) is 4.90 Å². The molecular formula is C11H24N2O. The summed E-state index contributed by atoms with van der Waals surface area (Å²) in [4.78, 5) is 13.2. The summed E-state index contributed by atoms with van der Waals surface area (Å²) in [5.41, 5.74) is 5.37. The maximum Gasteiger partial charge on any atom is 0.222 e. The van der Waals surface area contributed by atoms with Gasteiger partial charge in [0.05, 0.1) is 0 Å². The van der Waals surface area contributed by atoms with E-state index in [9.17, 15) is 4.79 Å². The third-order valence-corrected chi connectivity index (χ3v) is 2.38. The molecule has 0 aromatic carbocycles. The predicted molar refractivity (Wildman–Crippen MR) is 60.1 cm³/mol. The van der Waals surface area contributed by atoms with Gasteiger partial charge in [-0.3, -0.25) is 4.79 Å². The summed E-state index contributed by atoms with van der Waals surface area (Å²) in [6, 6.07) is 0. The van der Waals surface area contributed by atoms with Gasteiger partial charge >= 0.3 is 0 Å². The van der Waals surface area contributed by atoms with Crippen molar-refractivity contribution in [2.45, 2.75) is 45.4 Å². The Balaban J connectivity index is 3.34. The number of carbonyl (C=O) groups is 1. The summed E-state index contributed by atoms with van der Waals surface area (Å²) in [7, 11) is 1.82. The van der Waals surface area contributed by atoms with Gasteiger partial charge in [0.1, 0.15) is 0 Å². The molecular weight excluding hydrogens is 176 g/mol. The van der Waals surface area contributed by atoms with Crippen molar-refractivity contribution in [2.24, 2.45) is 5.73 Å². The number of hydrogen-bond acceptors (Lipinski definition) is 2. The van der Waals surface area contributed by atoms with Gasteiger partial charge in [0.25, 0.3) is 0 Å². The van der Waals surface area contributed by atoms with Crippen LogP contribution in [0.5, 0.6) is 0 Å². The fraction of sp³-hybridized carbons (Fsp3) is 0.909. The van der Waals surface area contributed by atoms with E-state index in [4.69, 9.17) is 5.73 Å². The molecule has 3 nitrogen and oxygen atoms in total. The fourth-order valence-corrected chi connectivity index (χ4v) is 1.39. The van der Waals surface area contributed by atoms with Crippen molar-refractivity contribution < 1.29 is 4.79 Å². The van der Waals surface area contributed by atoms with Crippen molar-refractivity contribution in [3.63, 3.8) is 0 Å². The van der Waals surface area contributed by atoms with Crippen molar-refractivity contribution >= 4 is 5.91 Å². The Labute approximate surface area is 87.6 Å². The molecule has 0 unspecified atom stereocenters. The van der Waals surface area contributed by atoms with Gasteiger partial charge < -0.3 is 10.6 Å². The molecule has 3 heteroatoms. The lowest BCUT2D eigenvalue weighted by Gasteiger charge is -2.15. The monoisotopic (exact) mass is 200 g/mol. The Morgan fingerprint density at radius 1 is 1.21 bits per heavy atom. The molecule has 0 spiro atoms. The van der Waals surface area contributed by atoms with Crippen LogP contribution in [0.4, 0.5) is 0 Å². The van der Waals surface area contributed by atoms with Crippen LogP contribution in [0, 0.1) is 0 Å². The van der Waals surface area contributed by atoms with Crippen LogP contribution < -0.4 is 5.73 Å². The Bertz CT molecular complexity index is 148. The Morgan fingerprint density at radius 3 is 2.43 bits per heavy atom. The van der Waals surface area contributed by atoms with E-state index in [0.717, 1.165) is 6.42 Å². The first-order valence-corrected chi connectivity index (χ1v) is 5.66. The standard InChI is InChI=1S/C11H24N2O/c1-3-4-5-6-7-8-11(14)13(2)10-9-12/h3-10,12H2,1-2H3. The predicted octanol–water partition coefficient (Wildman–Crippen LogP) is 1.76. The average molecular weight is 200 g/mol. The largest absolute Gasteiger partial charge is 0.344 e. The van der Waals surface area contributed by atoms with Crippen molar-refractivity contribution in [3.05, 3.63) is 0 Å². The fourth-order valence-electron chi connectivity index (χ4n) is 1.39. The molecule has 0 aliphatic rings. The maximum atomic E-state index is 11.4. The summed E-state index contributed by atoms with van der Waals surface area (Å²) in [6.45, 7) is 3.42. The summed E-state index contributed by atoms with van der Waals surface area (Å²) < 4.78 is 0. The van der Waals surface area contributed by atoms with Crippen molar-refractivity contribution in [3.8, 4) is 0 Å². The molecule has 0 bridgehead atoms. The smallest absolute Gasteiger partial charge is 0.222 e. The van der Waals surface area contributed by atoms with Gasteiger partial charge in [-0.25, -0.2) is 0 Å². The van der Waals surface area contributed by atoms with Crippen LogP contribution in [0.15, 0.2) is 0 Å². The normalized spacial score (nSPS) is 10.2. The molecule has 84 valence electrons. The highest BCUT2D eigenvalue weighted by Crippen LogP contribution is 2.06. The van der Waals surface area contributed by atoms with Crippen molar-refractivity contribution in [2.75, 3.05) is 20.1 Å². The molecule has 0 aromatic rings. The van der Waals surface area contributed by atoms with E-state index in [1.165, 1.54) is 25.7 Å². The summed E-state index contributed by atoms with van der Waals surface area (Å²) in [6.07, 6.45) is 6.67. The van der Waals surface area contributed by atoms with Crippen molar-refractivity contribution in [1.82, 2.24) is 4.90 Å². The first-order valence-electron chi connectivity index (χ1n) is 5.66. The molecule has 0 saturated heterocycles. The molecule has 0 atom stereocenters. The Morgan fingerprint density at radius 2 is 1.86 bits per heavy atom. The number of hydrogen-bond donors (Lipinski definition) is 1. The van der Waals surface area contributed by atoms with E-state index in [-0.39, 0.29) is 5.91 Å². The molecule has 0 aliphatic carbocycles. The average Bonchev–Trinajstić information content (AvgIpc) is 2.17. The van der Waals surface area contributed by atoms with Crippen LogP contribution in [0.3, 0.4) is 0 Å². The van der Waals surface area contributed by atoms with Crippen LogP contribution in [-0.4, -0.2) is 30.9 Å². The molecule has 0 fully saturated rings. The highest BCUT2D eigenvalue weighted by Gasteiger charge is 2.06. The second-order valence-corrected chi connectivity index (χ2v) is 3.77. The number of nitrogens with two attached hydrogens (primary N) is 1. The minimum Gasteiger partial charge on any atom is -0.344 e. The van der Waals surface area contributed by atoms with Gasteiger partial charge in [-0.1, -0.05) is 32.6 Å². The minimum absolute atomic E-state index is 0.229. The number of carbonyl (C=O) groups excluding carboxylic acids is 1. The van der Waals surface area contributed by atoms with Crippen LogP contribution in [0.2, 0.25) is 0 Å². The summed E-state index contributed by atoms with van der Waals surface area (Å²) in [5.74, 6) is 0.229. The second-order valence-electron chi connectivity index (χ2n) is 3.77. The number of likely N-dealkylation sites (N-methyl/N-ethyl adjacent to an activating group) is 1. The van der Waals surface area contributed by atoms with E-state index in [0.29, 0.717) is 19.5 Å². The highest BCUT2D eigenvalue weighted by molar-refractivity contribution is 5.75. The molecule has 1 amide bonds. The Hall–Kier alpha value is -0.570. The van der Waals surface area contributed by atoms with E-state index >= 15 is 0 Å². The quantitative estimate of drug-likeness (QED) is 0.607. The van der Waals surface area contributed by atoms with Gasteiger partial charge in [0.2, 0.25) is 5.91 Å². The third kappa shape index (κ3) is 6.89. The molecule has 0 saturated carbocycles. The number of rotatable bonds is 8. The molecule has 0 aliphatic heterocycles. The zero-order valence-electron chi connectivity index (χ0n) is 9.59. The van der Waals surface area contributed by atoms with Crippen LogP contribution in [0.1, 0.15) is 45.4 Å². The third-order valence-electron chi connectivity index (χ3n) is 2.38. The lowest BCUT2D eigenvalue weighted by molar-refractivity contribution is -0.129. The first-order chi connectivity index (χ1) is 6.72. The Kier molecular flexibility index (Phi) is 8.64. The van der Waals surface area contributed by atoms with Crippen LogP contribution >= 0.6 is 0 Å². The topological polar surface area (TPSA) is 46.3 Å². The zero-order chi connectivity index (χ0) is 10.8. The van der Waals surface area contributed by atoms with Crippen LogP contribution in [0.25, 0.3) is 0 Å². The van der Waals surface area contributed by atoms with Crippen molar-refractivity contribution in [1.29, 1.82) is 0 Å². The lowest BCUT2D eigenvalue weighted by atomic mass is 10.1. The van der Waals surface area contributed by atoms with Gasteiger partial charge in [-0.2, -0.15) is 0 Å². The molecule has 0 radical (unpaired) electrons. The van der Waals surface area contributed by atoms with Gasteiger partial charge in [0.15, 0.2) is 0 Å². The number of unbranched alkanes of at least 4 members (excludes halogenated alkanes) is 4. The first kappa shape index (κ1) is 13.4. The molecule has 14 heavy (non-hydrogen) atoms. The van der Waals surface area contributed by atoms with E-state index in [1.807, 2.05) is 7.05 Å². The maximum absolute atomic E-state index is 11.4. The minimum atomic E-state index is 0.229. The summed E-state index contributed by atoms with van der Waals surface area (Å²) >= 11 is 0. The number of nitrogens with zero attached hydrogens (tertiary/aromatic N) is 1. The van der Waals surface area contributed by atoms with Crippen LogP contribution in [-0.2, 0) is 4.79 Å². The zero-order valence-corrected chi connectivity index (χ0v) is 9.59. The highest BCUT2D eigenvalue weighted by atomic mass is 16.2. The molecule has 0 rings (SSSR count). The van der Waals surface area contributed by atoms with E-state index < -0.39 is 0 Å².